The zero-order chi connectivity index (χ0) is 13.0. The summed E-state index contributed by atoms with van der Waals surface area (Å²) in [6.45, 7) is 2.07. The molecule has 0 spiro atoms. The summed E-state index contributed by atoms with van der Waals surface area (Å²) in [5.74, 6) is -0.407. The second-order valence-electron chi connectivity index (χ2n) is 3.54. The molecule has 4 nitrogen and oxygen atoms in total. The van der Waals surface area contributed by atoms with Crippen molar-refractivity contribution in [3.8, 4) is 0 Å². The van der Waals surface area contributed by atoms with Gasteiger partial charge in [0.2, 0.25) is 0 Å². The van der Waals surface area contributed by atoms with Gasteiger partial charge < -0.3 is 16.2 Å². The Bertz CT molecular complexity index is 403. The molecule has 94 valence electrons. The highest BCUT2D eigenvalue weighted by atomic mass is 127. The third-order valence-electron chi connectivity index (χ3n) is 2.18. The summed E-state index contributed by atoms with van der Waals surface area (Å²) < 4.78 is 5.68. The van der Waals surface area contributed by atoms with Crippen molar-refractivity contribution in [2.75, 3.05) is 12.3 Å². The number of anilines is 1. The Morgan fingerprint density at radius 3 is 2.76 bits per heavy atom. The molecule has 0 heterocycles. The van der Waals surface area contributed by atoms with E-state index in [4.69, 9.17) is 27.8 Å². The number of hydrogen-bond acceptors (Lipinski definition) is 4. The highest BCUT2D eigenvalue weighted by Gasteiger charge is 2.16. The summed E-state index contributed by atoms with van der Waals surface area (Å²) in [4.78, 5) is 11.4. The van der Waals surface area contributed by atoms with Gasteiger partial charge in [0.15, 0.2) is 0 Å². The summed E-state index contributed by atoms with van der Waals surface area (Å²) >= 11 is 8.05. The number of ether oxygens (including phenoxy) is 1. The van der Waals surface area contributed by atoms with Crippen molar-refractivity contribution in [3.05, 3.63) is 26.3 Å². The van der Waals surface area contributed by atoms with Crippen molar-refractivity contribution >= 4 is 45.8 Å². The molecular weight excluding hydrogens is 354 g/mol. The van der Waals surface area contributed by atoms with Gasteiger partial charge >= 0.3 is 5.97 Å². The Kier molecular flexibility index (Phi) is 5.48. The molecule has 0 bridgehead atoms. The van der Waals surface area contributed by atoms with Crippen LogP contribution in [0.15, 0.2) is 12.1 Å². The van der Waals surface area contributed by atoms with Gasteiger partial charge in [-0.05, 0) is 53.6 Å². The van der Waals surface area contributed by atoms with E-state index in [0.717, 1.165) is 9.13 Å². The highest BCUT2D eigenvalue weighted by molar-refractivity contribution is 14.1. The van der Waals surface area contributed by atoms with E-state index in [0.29, 0.717) is 23.7 Å². The lowest BCUT2D eigenvalue weighted by molar-refractivity contribution is -0.144. The topological polar surface area (TPSA) is 78.3 Å². The number of nitrogen functional groups attached to an aromatic ring is 1. The van der Waals surface area contributed by atoms with Crippen LogP contribution < -0.4 is 11.5 Å². The average molecular weight is 369 g/mol. The molecule has 0 unspecified atom stereocenters. The number of benzene rings is 1. The Morgan fingerprint density at radius 1 is 1.59 bits per heavy atom. The fraction of sp³-hybridized carbons (Fsp3) is 0.364. The molecule has 6 heteroatoms. The molecule has 1 atom stereocenters. The molecular formula is C11H14ClIN2O2. The van der Waals surface area contributed by atoms with Crippen molar-refractivity contribution in [3.63, 3.8) is 0 Å². The van der Waals surface area contributed by atoms with Gasteiger partial charge in [-0.25, -0.2) is 0 Å². The molecule has 0 saturated carbocycles. The van der Waals surface area contributed by atoms with E-state index in [-0.39, 0.29) is 0 Å². The maximum absolute atomic E-state index is 11.4. The van der Waals surface area contributed by atoms with Gasteiger partial charge in [-0.15, -0.1) is 0 Å². The third-order valence-corrected chi connectivity index (χ3v) is 3.39. The van der Waals surface area contributed by atoms with Crippen LogP contribution in [0.25, 0.3) is 0 Å². The van der Waals surface area contributed by atoms with Gasteiger partial charge in [-0.1, -0.05) is 11.6 Å². The number of halogens is 2. The van der Waals surface area contributed by atoms with E-state index in [1.807, 2.05) is 6.07 Å². The lowest BCUT2D eigenvalue weighted by Gasteiger charge is -2.12. The summed E-state index contributed by atoms with van der Waals surface area (Å²) in [5.41, 5.74) is 12.9. The Hall–Kier alpha value is -0.530. The molecule has 0 aliphatic carbocycles. The normalized spacial score (nSPS) is 12.2. The van der Waals surface area contributed by atoms with Crippen LogP contribution in [0.2, 0.25) is 5.02 Å². The van der Waals surface area contributed by atoms with Crippen molar-refractivity contribution in [2.24, 2.45) is 5.73 Å². The first-order valence-electron chi connectivity index (χ1n) is 5.11. The number of hydrogen-bond donors (Lipinski definition) is 2. The minimum Gasteiger partial charge on any atom is -0.465 e. The predicted octanol–water partition coefficient (Wildman–Crippen LogP) is 1.96. The predicted molar refractivity (Wildman–Crippen MR) is 76.9 cm³/mol. The van der Waals surface area contributed by atoms with E-state index < -0.39 is 12.0 Å². The van der Waals surface area contributed by atoms with Crippen LogP contribution in [-0.4, -0.2) is 18.6 Å². The highest BCUT2D eigenvalue weighted by Crippen LogP contribution is 2.26. The lowest BCUT2D eigenvalue weighted by atomic mass is 10.1. The molecule has 1 aromatic carbocycles. The summed E-state index contributed by atoms with van der Waals surface area (Å²) in [6, 6.07) is 2.91. The summed E-state index contributed by atoms with van der Waals surface area (Å²) in [6.07, 6.45) is 0.384. The van der Waals surface area contributed by atoms with E-state index in [1.54, 1.807) is 13.0 Å². The number of nitrogens with two attached hydrogens (primary N) is 2. The van der Waals surface area contributed by atoms with Crippen molar-refractivity contribution in [1.82, 2.24) is 0 Å². The molecule has 0 radical (unpaired) electrons. The zero-order valence-electron chi connectivity index (χ0n) is 9.37. The second-order valence-corrected chi connectivity index (χ2v) is 5.11. The van der Waals surface area contributed by atoms with Gasteiger partial charge in [-0.2, -0.15) is 0 Å². The van der Waals surface area contributed by atoms with Crippen molar-refractivity contribution < 1.29 is 9.53 Å². The fourth-order valence-electron chi connectivity index (χ4n) is 1.34. The van der Waals surface area contributed by atoms with Gasteiger partial charge in [0.1, 0.15) is 6.04 Å². The quantitative estimate of drug-likeness (QED) is 0.484. The molecule has 17 heavy (non-hydrogen) atoms. The van der Waals surface area contributed by atoms with Crippen LogP contribution in [0.5, 0.6) is 0 Å². The number of esters is 1. The van der Waals surface area contributed by atoms with Crippen LogP contribution in [0.3, 0.4) is 0 Å². The number of carbonyl (C=O) groups excluding carboxylic acids is 1. The van der Waals surface area contributed by atoms with Crippen molar-refractivity contribution in [2.45, 2.75) is 19.4 Å². The standard InChI is InChI=1S/C11H14ClIN2O2/c1-2-17-11(16)9(14)5-6-3-7(12)10(15)8(13)4-6/h3-4,9H,2,5,14-15H2,1H3/t9-/m1/s1. The lowest BCUT2D eigenvalue weighted by Crippen LogP contribution is -2.34. The molecule has 1 rings (SSSR count). The zero-order valence-corrected chi connectivity index (χ0v) is 12.3. The van der Waals surface area contributed by atoms with E-state index >= 15 is 0 Å². The monoisotopic (exact) mass is 368 g/mol. The van der Waals surface area contributed by atoms with Crippen LogP contribution in [0.4, 0.5) is 5.69 Å². The van der Waals surface area contributed by atoms with Gasteiger partial charge in [-0.3, -0.25) is 4.79 Å². The van der Waals surface area contributed by atoms with Gasteiger partial charge in [0.05, 0.1) is 17.3 Å². The van der Waals surface area contributed by atoms with Crippen LogP contribution in [-0.2, 0) is 16.0 Å². The van der Waals surface area contributed by atoms with Crippen LogP contribution >= 0.6 is 34.2 Å². The first kappa shape index (κ1) is 14.5. The molecule has 0 aromatic heterocycles. The first-order valence-corrected chi connectivity index (χ1v) is 6.57. The van der Waals surface area contributed by atoms with Crippen LogP contribution in [0, 0.1) is 3.57 Å². The average Bonchev–Trinajstić information content (AvgIpc) is 2.26. The Morgan fingerprint density at radius 2 is 2.24 bits per heavy atom. The first-order chi connectivity index (χ1) is 7.95. The van der Waals surface area contributed by atoms with Gasteiger partial charge in [0, 0.05) is 3.57 Å². The SMILES string of the molecule is CCOC(=O)[C@H](N)Cc1cc(Cl)c(N)c(I)c1. The maximum Gasteiger partial charge on any atom is 0.323 e. The molecule has 0 amide bonds. The Balaban J connectivity index is 2.78. The molecule has 0 aliphatic heterocycles. The van der Waals surface area contributed by atoms with Crippen molar-refractivity contribution in [1.29, 1.82) is 0 Å². The number of carbonyl (C=O) groups is 1. The third kappa shape index (κ3) is 4.01. The number of rotatable bonds is 4. The summed E-state index contributed by atoms with van der Waals surface area (Å²) in [7, 11) is 0. The minimum absolute atomic E-state index is 0.326. The molecule has 4 N–H and O–H groups in total. The van der Waals surface area contributed by atoms with Gasteiger partial charge in [0.25, 0.3) is 0 Å². The van der Waals surface area contributed by atoms with Crippen LogP contribution in [0.1, 0.15) is 12.5 Å². The van der Waals surface area contributed by atoms with E-state index in [9.17, 15) is 4.79 Å². The fourth-order valence-corrected chi connectivity index (χ4v) is 2.43. The molecule has 1 aromatic rings. The maximum atomic E-state index is 11.4. The summed E-state index contributed by atoms with van der Waals surface area (Å²) in [5, 5.41) is 0.475. The molecule has 0 saturated heterocycles. The largest absolute Gasteiger partial charge is 0.465 e. The van der Waals surface area contributed by atoms with E-state index in [1.165, 1.54) is 0 Å². The molecule has 0 aliphatic rings. The molecule has 0 fully saturated rings. The van der Waals surface area contributed by atoms with E-state index in [2.05, 4.69) is 22.6 Å². The second kappa shape index (κ2) is 6.42. The minimum atomic E-state index is -0.676. The smallest absolute Gasteiger partial charge is 0.323 e. The Labute approximate surface area is 119 Å².